The molecular formula is C37H34ClFN4O12S. The van der Waals surface area contributed by atoms with Crippen LogP contribution in [0.15, 0.2) is 108 Å². The lowest BCUT2D eigenvalue weighted by molar-refractivity contribution is -0.134. The maximum Gasteiger partial charge on any atom is 0.328 e. The summed E-state index contributed by atoms with van der Waals surface area (Å²) in [4.78, 5) is 47.0. The van der Waals surface area contributed by atoms with Gasteiger partial charge in [0.1, 0.15) is 51.7 Å². The molecule has 0 aliphatic carbocycles. The number of carbonyl (C=O) groups is 4. The number of ether oxygens (including phenoxy) is 1. The van der Waals surface area contributed by atoms with Gasteiger partial charge in [0.15, 0.2) is 0 Å². The zero-order chi connectivity index (χ0) is 41.3. The van der Waals surface area contributed by atoms with E-state index in [1.165, 1.54) is 24.7 Å². The molecule has 0 spiro atoms. The number of carboxylic acids is 4. The monoisotopic (exact) mass is 812 g/mol. The molecule has 3 aromatic carbocycles. The first kappa shape index (κ1) is 43.8. The van der Waals surface area contributed by atoms with Crippen LogP contribution in [0.1, 0.15) is 11.3 Å². The van der Waals surface area contributed by atoms with Crippen molar-refractivity contribution >= 4 is 67.7 Å². The fourth-order valence-corrected chi connectivity index (χ4v) is 5.06. The van der Waals surface area contributed by atoms with Gasteiger partial charge in [-0.2, -0.15) is 0 Å². The molecule has 294 valence electrons. The maximum atomic E-state index is 13.4. The molecule has 5 aromatic rings. The molecule has 0 bridgehead atoms. The van der Waals surface area contributed by atoms with E-state index < -0.39 is 33.7 Å². The van der Waals surface area contributed by atoms with Crippen molar-refractivity contribution in [3.8, 4) is 17.1 Å². The fraction of sp³-hybridized carbons (Fsp3) is 0.135. The van der Waals surface area contributed by atoms with E-state index in [2.05, 4.69) is 20.6 Å². The Kier molecular flexibility index (Phi) is 16.7. The summed E-state index contributed by atoms with van der Waals surface area (Å²) in [6.45, 7) is 0.956. The molecule has 56 heavy (non-hydrogen) atoms. The number of aromatic nitrogens is 2. The topological polar surface area (TPSA) is 256 Å². The minimum absolute atomic E-state index is 0.0664. The number of nitrogens with zero attached hydrogens (tertiary/aromatic N) is 2. The first-order chi connectivity index (χ1) is 26.5. The highest BCUT2D eigenvalue weighted by atomic mass is 35.5. The van der Waals surface area contributed by atoms with Crippen molar-refractivity contribution in [3.63, 3.8) is 0 Å². The van der Waals surface area contributed by atoms with Crippen LogP contribution in [-0.2, 0) is 42.2 Å². The third-order valence-electron chi connectivity index (χ3n) is 6.75. The van der Waals surface area contributed by atoms with Crippen LogP contribution in [0.25, 0.3) is 22.2 Å². The lowest BCUT2D eigenvalue weighted by atomic mass is 10.1. The summed E-state index contributed by atoms with van der Waals surface area (Å²) in [6.07, 6.45) is 4.92. The van der Waals surface area contributed by atoms with Crippen LogP contribution in [0.3, 0.4) is 0 Å². The van der Waals surface area contributed by atoms with Crippen LogP contribution in [0.4, 0.5) is 15.9 Å². The zero-order valence-corrected chi connectivity index (χ0v) is 30.8. The van der Waals surface area contributed by atoms with Crippen molar-refractivity contribution in [1.82, 2.24) is 15.3 Å². The number of aliphatic carboxylic acids is 4. The van der Waals surface area contributed by atoms with Gasteiger partial charge in [0, 0.05) is 53.7 Å². The van der Waals surface area contributed by atoms with Gasteiger partial charge >= 0.3 is 23.9 Å². The molecule has 2 heterocycles. The van der Waals surface area contributed by atoms with Gasteiger partial charge in [0.2, 0.25) is 0 Å². The number of hydrogen-bond acceptors (Lipinski definition) is 12. The van der Waals surface area contributed by atoms with Gasteiger partial charge in [-0.25, -0.2) is 42.0 Å². The second-order valence-corrected chi connectivity index (χ2v) is 13.9. The first-order valence-electron chi connectivity index (χ1n) is 15.9. The van der Waals surface area contributed by atoms with Crippen molar-refractivity contribution in [1.29, 1.82) is 0 Å². The Bertz CT molecular complexity index is 2280. The Morgan fingerprint density at radius 2 is 1.52 bits per heavy atom. The molecule has 16 nitrogen and oxygen atoms in total. The highest BCUT2D eigenvalue weighted by molar-refractivity contribution is 7.90. The van der Waals surface area contributed by atoms with E-state index in [1.54, 1.807) is 24.3 Å². The second kappa shape index (κ2) is 21.3. The summed E-state index contributed by atoms with van der Waals surface area (Å²) in [5.74, 6) is -2.86. The number of halogens is 2. The molecule has 0 aliphatic heterocycles. The van der Waals surface area contributed by atoms with E-state index in [9.17, 15) is 32.0 Å². The summed E-state index contributed by atoms with van der Waals surface area (Å²) < 4.78 is 47.8. The van der Waals surface area contributed by atoms with Gasteiger partial charge in [0.25, 0.3) is 0 Å². The molecule has 0 saturated heterocycles. The summed E-state index contributed by atoms with van der Waals surface area (Å²) in [6, 6.07) is 21.0. The van der Waals surface area contributed by atoms with E-state index in [1.807, 2.05) is 36.4 Å². The standard InChI is InChI=1S/C29H26ClFN4O4S.2C4H4O4/c1-40(36,37)12-11-32-16-23-7-10-27(39-23)20-5-8-26-24(14-20)29(34-18-33-26)35-22-6-9-28(25(30)15-22)38-17-19-3-2-4-21(31)13-19;2*5-3(6)1-2-4(7)8/h2-10,13-15,18,32H,11-12,16-17H2,1H3,(H,33,34,35);2*1-2H,(H,5,6)(H,7,8)/b;2*2-1-. The van der Waals surface area contributed by atoms with Gasteiger partial charge in [-0.1, -0.05) is 23.7 Å². The SMILES string of the molecule is CS(=O)(=O)CCNCc1ccc(-c2ccc3ncnc(Nc4ccc(OCc5cccc(F)c5)c(Cl)c4)c3c2)o1.O=C(O)/C=C\C(=O)O.O=C(O)/C=C\C(=O)O. The highest BCUT2D eigenvalue weighted by Crippen LogP contribution is 2.33. The number of carboxylic acid groups (broad SMARTS) is 4. The normalized spacial score (nSPS) is 11.0. The van der Waals surface area contributed by atoms with Crippen LogP contribution >= 0.6 is 11.6 Å². The summed E-state index contributed by atoms with van der Waals surface area (Å²) in [7, 11) is -3.02. The number of hydrogen-bond donors (Lipinski definition) is 6. The van der Waals surface area contributed by atoms with Crippen molar-refractivity contribution in [2.24, 2.45) is 0 Å². The van der Waals surface area contributed by atoms with Crippen LogP contribution < -0.4 is 15.4 Å². The van der Waals surface area contributed by atoms with E-state index in [0.29, 0.717) is 76.8 Å². The van der Waals surface area contributed by atoms with Crippen molar-refractivity contribution < 1.29 is 61.6 Å². The summed E-state index contributed by atoms with van der Waals surface area (Å²) >= 11 is 6.47. The van der Waals surface area contributed by atoms with Gasteiger partial charge in [-0.05, 0) is 66.2 Å². The van der Waals surface area contributed by atoms with E-state index in [0.717, 1.165) is 16.5 Å². The molecule has 0 aliphatic rings. The third kappa shape index (κ3) is 16.2. The molecule has 2 aromatic heterocycles. The molecule has 0 atom stereocenters. The Hall–Kier alpha value is -6.63. The van der Waals surface area contributed by atoms with Gasteiger partial charge in [-0.3, -0.25) is 0 Å². The molecule has 6 N–H and O–H groups in total. The van der Waals surface area contributed by atoms with E-state index in [4.69, 9.17) is 41.2 Å². The Morgan fingerprint density at radius 1 is 0.857 bits per heavy atom. The van der Waals surface area contributed by atoms with Crippen LogP contribution in [0.2, 0.25) is 5.02 Å². The highest BCUT2D eigenvalue weighted by Gasteiger charge is 2.12. The molecule has 19 heteroatoms. The van der Waals surface area contributed by atoms with E-state index >= 15 is 0 Å². The summed E-state index contributed by atoms with van der Waals surface area (Å²) in [5, 5.41) is 38.8. The molecular weight excluding hydrogens is 779 g/mol. The Morgan fingerprint density at radius 3 is 2.11 bits per heavy atom. The zero-order valence-electron chi connectivity index (χ0n) is 29.3. The number of benzene rings is 3. The molecule has 0 amide bonds. The molecule has 5 rings (SSSR count). The minimum atomic E-state index is -3.02. The lowest BCUT2D eigenvalue weighted by Crippen LogP contribution is -2.21. The lowest BCUT2D eigenvalue weighted by Gasteiger charge is -2.12. The average molecular weight is 813 g/mol. The molecule has 0 fully saturated rings. The largest absolute Gasteiger partial charge is 0.487 e. The predicted molar refractivity (Wildman–Crippen MR) is 203 cm³/mol. The number of furan rings is 1. The first-order valence-corrected chi connectivity index (χ1v) is 18.4. The van der Waals surface area contributed by atoms with E-state index in [-0.39, 0.29) is 18.2 Å². The molecule has 0 unspecified atom stereocenters. The van der Waals surface area contributed by atoms with Gasteiger partial charge in [-0.15, -0.1) is 0 Å². The fourth-order valence-electron chi connectivity index (χ4n) is 4.31. The van der Waals surface area contributed by atoms with Gasteiger partial charge in [0.05, 0.1) is 22.8 Å². The molecule has 0 saturated carbocycles. The maximum absolute atomic E-state index is 13.4. The van der Waals surface area contributed by atoms with Crippen LogP contribution in [0, 0.1) is 5.82 Å². The predicted octanol–water partition coefficient (Wildman–Crippen LogP) is 5.56. The van der Waals surface area contributed by atoms with Crippen molar-refractivity contribution in [2.45, 2.75) is 13.2 Å². The number of fused-ring (bicyclic) bond motifs is 1. The van der Waals surface area contributed by atoms with Crippen molar-refractivity contribution in [3.05, 3.63) is 126 Å². The number of rotatable bonds is 15. The number of sulfone groups is 1. The van der Waals surface area contributed by atoms with Crippen LogP contribution in [-0.4, -0.2) is 81.2 Å². The van der Waals surface area contributed by atoms with Gasteiger partial charge < -0.3 is 40.2 Å². The minimum Gasteiger partial charge on any atom is -0.487 e. The number of nitrogens with one attached hydrogen (secondary N) is 2. The second-order valence-electron chi connectivity index (χ2n) is 11.2. The third-order valence-corrected chi connectivity index (χ3v) is 7.99. The number of anilines is 2. The Balaban J connectivity index is 0.000000441. The Labute approximate surface area is 323 Å². The summed E-state index contributed by atoms with van der Waals surface area (Å²) in [5.41, 5.74) is 2.99. The molecule has 0 radical (unpaired) electrons. The smallest absolute Gasteiger partial charge is 0.328 e. The quantitative estimate of drug-likeness (QED) is 0.0558. The average Bonchev–Trinajstić information content (AvgIpc) is 3.61. The van der Waals surface area contributed by atoms with Crippen molar-refractivity contribution in [2.75, 3.05) is 23.9 Å². The van der Waals surface area contributed by atoms with Crippen LogP contribution in [0.5, 0.6) is 5.75 Å².